The van der Waals surface area contributed by atoms with Crippen LogP contribution in [0.2, 0.25) is 0 Å². The molecular formula is C10H8FN3O4S. The number of rotatable bonds is 3. The van der Waals surface area contributed by atoms with Gasteiger partial charge in [-0.15, -0.1) is 0 Å². The molecule has 0 aliphatic heterocycles. The molecule has 0 bridgehead atoms. The van der Waals surface area contributed by atoms with Gasteiger partial charge in [0.25, 0.3) is 5.91 Å². The molecule has 3 N–H and O–H groups in total. The number of hydrogen-bond donors (Lipinski definition) is 2. The van der Waals surface area contributed by atoms with Crippen LogP contribution in [0.25, 0.3) is 0 Å². The number of amides is 1. The quantitative estimate of drug-likeness (QED) is 0.861. The Bertz CT molecular complexity index is 712. The van der Waals surface area contributed by atoms with Gasteiger partial charge < -0.3 is 9.84 Å². The van der Waals surface area contributed by atoms with E-state index in [0.29, 0.717) is 0 Å². The lowest BCUT2D eigenvalue weighted by atomic mass is 10.3. The van der Waals surface area contributed by atoms with E-state index in [4.69, 9.17) is 5.14 Å². The van der Waals surface area contributed by atoms with E-state index >= 15 is 0 Å². The number of anilines is 1. The van der Waals surface area contributed by atoms with Gasteiger partial charge in [-0.3, -0.25) is 4.79 Å². The number of nitrogens with zero attached hydrogens (tertiary/aromatic N) is 1. The maximum absolute atomic E-state index is 13.5. The normalized spacial score (nSPS) is 11.3. The Labute approximate surface area is 107 Å². The molecule has 0 unspecified atom stereocenters. The third-order valence-corrected chi connectivity index (χ3v) is 3.11. The van der Waals surface area contributed by atoms with Crippen LogP contribution in [-0.4, -0.2) is 19.5 Å². The first-order valence-corrected chi connectivity index (χ1v) is 6.46. The van der Waals surface area contributed by atoms with Gasteiger partial charge in [-0.05, 0) is 18.2 Å². The topological polar surface area (TPSA) is 115 Å². The molecule has 19 heavy (non-hydrogen) atoms. The van der Waals surface area contributed by atoms with E-state index < -0.39 is 26.6 Å². The van der Waals surface area contributed by atoms with Crippen molar-refractivity contribution in [3.8, 4) is 0 Å². The van der Waals surface area contributed by atoms with Gasteiger partial charge >= 0.3 is 0 Å². The van der Waals surface area contributed by atoms with Crippen molar-refractivity contribution in [1.82, 2.24) is 5.16 Å². The SMILES string of the molecule is NS(=O)(=O)c1ccc(NC(=O)c2ccon2)cc1F. The number of halogens is 1. The van der Waals surface area contributed by atoms with Crippen LogP contribution in [0.3, 0.4) is 0 Å². The summed E-state index contributed by atoms with van der Waals surface area (Å²) in [5.41, 5.74) is 0.0776. The predicted octanol–water partition coefficient (Wildman–Crippen LogP) is 0.713. The summed E-state index contributed by atoms with van der Waals surface area (Å²) >= 11 is 0. The number of nitrogens with one attached hydrogen (secondary N) is 1. The van der Waals surface area contributed by atoms with Crippen LogP contribution < -0.4 is 10.5 Å². The molecule has 0 saturated carbocycles. The number of primary sulfonamides is 1. The zero-order valence-corrected chi connectivity index (χ0v) is 10.1. The van der Waals surface area contributed by atoms with Gasteiger partial charge in [0.15, 0.2) is 5.69 Å². The highest BCUT2D eigenvalue weighted by Gasteiger charge is 2.16. The molecule has 1 heterocycles. The van der Waals surface area contributed by atoms with Crippen molar-refractivity contribution in [2.45, 2.75) is 4.90 Å². The second kappa shape index (κ2) is 4.78. The number of sulfonamides is 1. The fraction of sp³-hybridized carbons (Fsp3) is 0. The van der Waals surface area contributed by atoms with Crippen LogP contribution in [0.5, 0.6) is 0 Å². The van der Waals surface area contributed by atoms with Crippen LogP contribution >= 0.6 is 0 Å². The Morgan fingerprint density at radius 3 is 2.63 bits per heavy atom. The third-order valence-electron chi connectivity index (χ3n) is 2.17. The van der Waals surface area contributed by atoms with E-state index in [1.807, 2.05) is 0 Å². The second-order valence-corrected chi connectivity index (χ2v) is 5.06. The maximum atomic E-state index is 13.5. The molecule has 0 spiro atoms. The van der Waals surface area contributed by atoms with Gasteiger partial charge in [-0.2, -0.15) is 0 Å². The molecular weight excluding hydrogens is 277 g/mol. The summed E-state index contributed by atoms with van der Waals surface area (Å²) in [5, 5.41) is 10.5. The molecule has 7 nitrogen and oxygen atoms in total. The molecule has 2 aromatic rings. The molecule has 0 aliphatic carbocycles. The standard InChI is InChI=1S/C10H8FN3O4S/c11-7-5-6(1-2-9(7)19(12,16)17)13-10(15)8-3-4-18-14-8/h1-5H,(H,13,15)(H2,12,16,17). The fourth-order valence-electron chi connectivity index (χ4n) is 1.33. The monoisotopic (exact) mass is 285 g/mol. The zero-order chi connectivity index (χ0) is 14.0. The third kappa shape index (κ3) is 2.95. The lowest BCUT2D eigenvalue weighted by molar-refractivity contribution is 0.101. The van der Waals surface area contributed by atoms with Crippen molar-refractivity contribution in [2.75, 3.05) is 5.32 Å². The number of carbonyl (C=O) groups excluding carboxylic acids is 1. The number of benzene rings is 1. The highest BCUT2D eigenvalue weighted by atomic mass is 32.2. The van der Waals surface area contributed by atoms with E-state index in [2.05, 4.69) is 15.0 Å². The number of nitrogens with two attached hydrogens (primary N) is 1. The first-order valence-electron chi connectivity index (χ1n) is 4.92. The van der Waals surface area contributed by atoms with Crippen molar-refractivity contribution in [2.24, 2.45) is 5.14 Å². The van der Waals surface area contributed by atoms with E-state index in [1.165, 1.54) is 18.4 Å². The summed E-state index contributed by atoms with van der Waals surface area (Å²) in [7, 11) is -4.14. The fourth-order valence-corrected chi connectivity index (χ4v) is 1.92. The van der Waals surface area contributed by atoms with Gasteiger partial charge in [0.05, 0.1) is 0 Å². The highest BCUT2D eigenvalue weighted by Crippen LogP contribution is 2.18. The largest absolute Gasteiger partial charge is 0.364 e. The zero-order valence-electron chi connectivity index (χ0n) is 9.33. The Hall–Kier alpha value is -2.26. The van der Waals surface area contributed by atoms with Crippen LogP contribution in [0.15, 0.2) is 39.9 Å². The number of hydrogen-bond acceptors (Lipinski definition) is 5. The molecule has 0 fully saturated rings. The molecule has 1 aromatic carbocycles. The Balaban J connectivity index is 2.24. The lowest BCUT2D eigenvalue weighted by Gasteiger charge is -2.05. The van der Waals surface area contributed by atoms with Crippen LogP contribution in [0, 0.1) is 5.82 Å². The van der Waals surface area contributed by atoms with E-state index in [-0.39, 0.29) is 11.4 Å². The first kappa shape index (κ1) is 13.2. The van der Waals surface area contributed by atoms with Crippen LogP contribution in [-0.2, 0) is 10.0 Å². The summed E-state index contributed by atoms with van der Waals surface area (Å²) in [4.78, 5) is 10.9. The van der Waals surface area contributed by atoms with Crippen molar-refractivity contribution < 1.29 is 22.1 Å². The van der Waals surface area contributed by atoms with Gasteiger partial charge in [-0.25, -0.2) is 17.9 Å². The number of carbonyl (C=O) groups is 1. The lowest BCUT2D eigenvalue weighted by Crippen LogP contribution is -2.15. The van der Waals surface area contributed by atoms with Crippen molar-refractivity contribution >= 4 is 21.6 Å². The Morgan fingerprint density at radius 1 is 1.37 bits per heavy atom. The molecule has 1 amide bonds. The van der Waals surface area contributed by atoms with Gasteiger partial charge in [0.2, 0.25) is 10.0 Å². The smallest absolute Gasteiger partial charge is 0.277 e. The average molecular weight is 285 g/mol. The summed E-state index contributed by atoms with van der Waals surface area (Å²) < 4.78 is 40.0. The minimum atomic E-state index is -4.14. The minimum absolute atomic E-state index is 0.0101. The maximum Gasteiger partial charge on any atom is 0.277 e. The molecule has 100 valence electrons. The van der Waals surface area contributed by atoms with E-state index in [9.17, 15) is 17.6 Å². The molecule has 0 aliphatic rings. The number of aromatic nitrogens is 1. The Kier molecular flexibility index (Phi) is 3.32. The Morgan fingerprint density at radius 2 is 2.11 bits per heavy atom. The summed E-state index contributed by atoms with van der Waals surface area (Å²) in [5.74, 6) is -1.67. The van der Waals surface area contributed by atoms with Gasteiger partial charge in [0.1, 0.15) is 17.0 Å². The summed E-state index contributed by atoms with van der Waals surface area (Å²) in [6.07, 6.45) is 1.21. The molecule has 1 aromatic heterocycles. The second-order valence-electron chi connectivity index (χ2n) is 3.53. The molecule has 0 atom stereocenters. The van der Waals surface area contributed by atoms with E-state index in [1.54, 1.807) is 0 Å². The summed E-state index contributed by atoms with van der Waals surface area (Å²) in [6, 6.07) is 4.34. The first-order chi connectivity index (χ1) is 8.88. The highest BCUT2D eigenvalue weighted by molar-refractivity contribution is 7.89. The predicted molar refractivity (Wildman–Crippen MR) is 62.2 cm³/mol. The summed E-state index contributed by atoms with van der Waals surface area (Å²) in [6.45, 7) is 0. The van der Waals surface area contributed by atoms with Crippen LogP contribution in [0.1, 0.15) is 10.5 Å². The van der Waals surface area contributed by atoms with Crippen molar-refractivity contribution in [1.29, 1.82) is 0 Å². The molecule has 9 heteroatoms. The van der Waals surface area contributed by atoms with E-state index in [0.717, 1.165) is 12.1 Å². The molecule has 0 radical (unpaired) electrons. The molecule has 0 saturated heterocycles. The minimum Gasteiger partial charge on any atom is -0.364 e. The average Bonchev–Trinajstić information content (AvgIpc) is 2.80. The van der Waals surface area contributed by atoms with Crippen molar-refractivity contribution in [3.05, 3.63) is 42.0 Å². The van der Waals surface area contributed by atoms with Gasteiger partial charge in [0, 0.05) is 11.8 Å². The molecule has 2 rings (SSSR count). The van der Waals surface area contributed by atoms with Crippen molar-refractivity contribution in [3.63, 3.8) is 0 Å². The van der Waals surface area contributed by atoms with Gasteiger partial charge in [-0.1, -0.05) is 5.16 Å². The van der Waals surface area contributed by atoms with Crippen LogP contribution in [0.4, 0.5) is 10.1 Å².